The fourth-order valence-electron chi connectivity index (χ4n) is 2.37. The lowest BCUT2D eigenvalue weighted by Crippen LogP contribution is -2.40. The van der Waals surface area contributed by atoms with Crippen molar-refractivity contribution in [1.82, 2.24) is 0 Å². The highest BCUT2D eigenvalue weighted by Gasteiger charge is 2.44. The van der Waals surface area contributed by atoms with E-state index in [0.717, 1.165) is 6.07 Å². The smallest absolute Gasteiger partial charge is 0.321 e. The lowest BCUT2D eigenvalue weighted by Gasteiger charge is -2.22. The minimum absolute atomic E-state index is 0.0265. The van der Waals surface area contributed by atoms with Crippen molar-refractivity contribution in [2.45, 2.75) is 32.6 Å². The zero-order chi connectivity index (χ0) is 19.7. The number of nitro groups is 1. The van der Waals surface area contributed by atoms with Gasteiger partial charge in [-0.2, -0.15) is 0 Å². The molecule has 26 heavy (non-hydrogen) atoms. The summed E-state index contributed by atoms with van der Waals surface area (Å²) in [5, 5.41) is 11.3. The molecule has 1 aromatic rings. The van der Waals surface area contributed by atoms with Gasteiger partial charge in [0, 0.05) is 11.6 Å². The van der Waals surface area contributed by atoms with E-state index in [0.29, 0.717) is 12.8 Å². The number of para-hydroxylation sites is 1. The lowest BCUT2D eigenvalue weighted by molar-refractivity contribution is -0.385. The maximum Gasteiger partial charge on any atom is 0.321 e. The van der Waals surface area contributed by atoms with Crippen molar-refractivity contribution in [3.05, 3.63) is 39.9 Å². The molecule has 0 aromatic heterocycles. The van der Waals surface area contributed by atoms with Gasteiger partial charge in [-0.3, -0.25) is 24.5 Å². The van der Waals surface area contributed by atoms with E-state index in [-0.39, 0.29) is 18.8 Å². The average Bonchev–Trinajstić information content (AvgIpc) is 2.61. The molecule has 0 aliphatic carbocycles. The molecule has 0 saturated heterocycles. The second kappa shape index (κ2) is 10.1. The Labute approximate surface area is 150 Å². The Bertz CT molecular complexity index is 655. The Morgan fingerprint density at radius 1 is 1.08 bits per heavy atom. The van der Waals surface area contributed by atoms with Crippen molar-refractivity contribution in [3.8, 4) is 0 Å². The van der Waals surface area contributed by atoms with Crippen LogP contribution in [0.5, 0.6) is 0 Å². The van der Waals surface area contributed by atoms with Crippen LogP contribution in [0.25, 0.3) is 0 Å². The topological polar surface area (TPSA) is 139 Å². The van der Waals surface area contributed by atoms with Crippen LogP contribution in [0, 0.1) is 16.0 Å². The number of nitrogens with zero attached hydrogens (tertiary/aromatic N) is 1. The van der Waals surface area contributed by atoms with Crippen LogP contribution in [0.2, 0.25) is 0 Å². The molecule has 142 valence electrons. The van der Waals surface area contributed by atoms with Gasteiger partial charge < -0.3 is 15.2 Å². The van der Waals surface area contributed by atoms with Crippen LogP contribution in [0.15, 0.2) is 24.3 Å². The van der Waals surface area contributed by atoms with Crippen molar-refractivity contribution in [2.75, 3.05) is 13.2 Å². The van der Waals surface area contributed by atoms with Gasteiger partial charge in [0.25, 0.3) is 5.69 Å². The quantitative estimate of drug-likeness (QED) is 0.288. The highest BCUT2D eigenvalue weighted by molar-refractivity contribution is 6.02. The van der Waals surface area contributed by atoms with Gasteiger partial charge in [-0.15, -0.1) is 0 Å². The van der Waals surface area contributed by atoms with Crippen LogP contribution in [0.1, 0.15) is 38.2 Å². The third kappa shape index (κ3) is 5.27. The van der Waals surface area contributed by atoms with E-state index in [1.807, 2.05) is 0 Å². The molecule has 1 atom stereocenters. The van der Waals surface area contributed by atoms with Crippen LogP contribution < -0.4 is 5.73 Å². The molecule has 0 spiro atoms. The lowest BCUT2D eigenvalue weighted by atomic mass is 9.84. The molecule has 9 nitrogen and oxygen atoms in total. The van der Waals surface area contributed by atoms with Gasteiger partial charge in [0.05, 0.1) is 24.1 Å². The van der Waals surface area contributed by atoms with Crippen molar-refractivity contribution in [1.29, 1.82) is 0 Å². The maximum absolute atomic E-state index is 12.4. The fraction of sp³-hybridized carbons (Fsp3) is 0.471. The summed E-state index contributed by atoms with van der Waals surface area (Å²) in [4.78, 5) is 47.4. The zero-order valence-electron chi connectivity index (χ0n) is 14.7. The maximum atomic E-state index is 12.4. The number of primary amides is 1. The molecule has 1 rings (SSSR count). The van der Waals surface area contributed by atoms with Gasteiger partial charge in [0.15, 0.2) is 5.92 Å². The number of rotatable bonds is 10. The molecule has 0 radical (unpaired) electrons. The SMILES string of the molecule is CCCOC(=O)C(C(=O)OCCC)[C@H](C(N)=O)c1ccccc1[N+](=O)[O-]. The highest BCUT2D eigenvalue weighted by atomic mass is 16.6. The molecular weight excluding hydrogens is 344 g/mol. The minimum atomic E-state index is -1.72. The summed E-state index contributed by atoms with van der Waals surface area (Å²) in [6, 6.07) is 5.29. The number of carbonyl (C=O) groups is 3. The number of benzene rings is 1. The molecule has 9 heteroatoms. The summed E-state index contributed by atoms with van der Waals surface area (Å²) in [5.41, 5.74) is 4.83. The molecule has 1 aromatic carbocycles. The number of nitrogens with two attached hydrogens (primary N) is 1. The molecule has 0 unspecified atom stereocenters. The molecule has 0 fully saturated rings. The van der Waals surface area contributed by atoms with E-state index >= 15 is 0 Å². The number of carbonyl (C=O) groups excluding carboxylic acids is 3. The minimum Gasteiger partial charge on any atom is -0.465 e. The Hall–Kier alpha value is -2.97. The summed E-state index contributed by atoms with van der Waals surface area (Å²) in [6.45, 7) is 3.56. The van der Waals surface area contributed by atoms with E-state index in [4.69, 9.17) is 15.2 Å². The molecule has 1 amide bonds. The van der Waals surface area contributed by atoms with E-state index < -0.39 is 40.3 Å². The van der Waals surface area contributed by atoms with Crippen LogP contribution in [0.3, 0.4) is 0 Å². The number of amides is 1. The summed E-state index contributed by atoms with van der Waals surface area (Å²) >= 11 is 0. The predicted octanol–water partition coefficient (Wildman–Crippen LogP) is 1.69. The molecule has 0 saturated carbocycles. The molecular formula is C17H22N2O7. The zero-order valence-corrected chi connectivity index (χ0v) is 14.7. The summed E-state index contributed by atoms with van der Waals surface area (Å²) in [5.74, 6) is -6.37. The van der Waals surface area contributed by atoms with E-state index in [1.54, 1.807) is 13.8 Å². The van der Waals surface area contributed by atoms with Crippen LogP contribution in [-0.4, -0.2) is 36.0 Å². The summed E-state index contributed by atoms with van der Waals surface area (Å²) < 4.78 is 9.98. The first-order chi connectivity index (χ1) is 12.3. The number of ether oxygens (including phenoxy) is 2. The fourth-order valence-corrected chi connectivity index (χ4v) is 2.37. The predicted molar refractivity (Wildman–Crippen MR) is 91.0 cm³/mol. The summed E-state index contributed by atoms with van der Waals surface area (Å²) in [7, 11) is 0. The van der Waals surface area contributed by atoms with E-state index in [2.05, 4.69) is 0 Å². The first kappa shape index (κ1) is 21.1. The van der Waals surface area contributed by atoms with Gasteiger partial charge in [0.1, 0.15) is 0 Å². The Kier molecular flexibility index (Phi) is 8.20. The van der Waals surface area contributed by atoms with Gasteiger partial charge in [0.2, 0.25) is 5.91 Å². The first-order valence-electron chi connectivity index (χ1n) is 8.20. The van der Waals surface area contributed by atoms with E-state index in [1.165, 1.54) is 18.2 Å². The second-order valence-corrected chi connectivity index (χ2v) is 5.51. The standard InChI is InChI=1S/C17H22N2O7/c1-3-9-25-16(21)14(17(22)26-10-4-2)13(15(18)20)11-7-5-6-8-12(11)19(23)24/h5-8,13-14H,3-4,9-10H2,1-2H3,(H2,18,20)/t13-/m1/s1. The van der Waals surface area contributed by atoms with Crippen LogP contribution in [0.4, 0.5) is 5.69 Å². The summed E-state index contributed by atoms with van der Waals surface area (Å²) in [6.07, 6.45) is 0.990. The van der Waals surface area contributed by atoms with E-state index in [9.17, 15) is 24.5 Å². The molecule has 0 bridgehead atoms. The number of hydrogen-bond acceptors (Lipinski definition) is 7. The number of esters is 2. The van der Waals surface area contributed by atoms with Crippen LogP contribution >= 0.6 is 0 Å². The van der Waals surface area contributed by atoms with Crippen molar-refractivity contribution in [3.63, 3.8) is 0 Å². The van der Waals surface area contributed by atoms with Crippen molar-refractivity contribution >= 4 is 23.5 Å². The van der Waals surface area contributed by atoms with Gasteiger partial charge in [-0.1, -0.05) is 32.0 Å². The molecule has 2 N–H and O–H groups in total. The average molecular weight is 366 g/mol. The Balaban J connectivity index is 3.40. The third-order valence-electron chi connectivity index (χ3n) is 3.51. The molecule has 0 aliphatic rings. The Morgan fingerprint density at radius 3 is 2.00 bits per heavy atom. The third-order valence-corrected chi connectivity index (χ3v) is 3.51. The van der Waals surface area contributed by atoms with Gasteiger partial charge >= 0.3 is 11.9 Å². The second-order valence-electron chi connectivity index (χ2n) is 5.51. The first-order valence-corrected chi connectivity index (χ1v) is 8.20. The highest BCUT2D eigenvalue weighted by Crippen LogP contribution is 2.33. The number of hydrogen-bond donors (Lipinski definition) is 1. The van der Waals surface area contributed by atoms with Gasteiger partial charge in [-0.05, 0) is 12.8 Å². The molecule has 0 heterocycles. The molecule has 0 aliphatic heterocycles. The van der Waals surface area contributed by atoms with Gasteiger partial charge in [-0.25, -0.2) is 0 Å². The normalized spacial score (nSPS) is 11.7. The van der Waals surface area contributed by atoms with Crippen molar-refractivity contribution < 1.29 is 28.8 Å². The van der Waals surface area contributed by atoms with Crippen molar-refractivity contribution in [2.24, 2.45) is 11.7 Å². The largest absolute Gasteiger partial charge is 0.465 e. The van der Waals surface area contributed by atoms with Crippen LogP contribution in [-0.2, 0) is 23.9 Å². The number of nitro benzene ring substituents is 1. The monoisotopic (exact) mass is 366 g/mol. The Morgan fingerprint density at radius 2 is 1.58 bits per heavy atom.